The van der Waals surface area contributed by atoms with E-state index in [2.05, 4.69) is 12.2 Å². The van der Waals surface area contributed by atoms with Crippen LogP contribution in [0.2, 0.25) is 0 Å². The summed E-state index contributed by atoms with van der Waals surface area (Å²) in [6, 6.07) is 14.7. The van der Waals surface area contributed by atoms with Crippen molar-refractivity contribution in [3.63, 3.8) is 0 Å². The van der Waals surface area contributed by atoms with E-state index in [1.807, 2.05) is 36.4 Å². The molecular formula is C20H18N2O3S. The average Bonchev–Trinajstić information content (AvgIpc) is 2.66. The number of rotatable bonds is 4. The second-order valence-corrected chi connectivity index (χ2v) is 6.11. The summed E-state index contributed by atoms with van der Waals surface area (Å²) in [6.45, 7) is 2.06. The van der Waals surface area contributed by atoms with Crippen molar-refractivity contribution < 1.29 is 14.3 Å². The number of hydrogen-bond acceptors (Lipinski definition) is 4. The number of nitrogens with zero attached hydrogens (tertiary/aromatic N) is 1. The Morgan fingerprint density at radius 3 is 2.46 bits per heavy atom. The predicted molar refractivity (Wildman–Crippen MR) is 105 cm³/mol. The average molecular weight is 366 g/mol. The van der Waals surface area contributed by atoms with Crippen LogP contribution in [0.25, 0.3) is 6.08 Å². The van der Waals surface area contributed by atoms with Crippen LogP contribution in [-0.2, 0) is 16.0 Å². The smallest absolute Gasteiger partial charge is 0.270 e. The molecule has 0 unspecified atom stereocenters. The number of amides is 2. The first-order valence-electron chi connectivity index (χ1n) is 8.18. The quantitative estimate of drug-likeness (QED) is 0.513. The minimum absolute atomic E-state index is 0.00247. The van der Waals surface area contributed by atoms with Gasteiger partial charge in [0.25, 0.3) is 11.8 Å². The Hall–Kier alpha value is -2.99. The number of ether oxygens (including phenoxy) is 1. The third-order valence-electron chi connectivity index (χ3n) is 4.14. The summed E-state index contributed by atoms with van der Waals surface area (Å²) < 4.78 is 5.29. The lowest BCUT2D eigenvalue weighted by Gasteiger charge is -2.29. The zero-order chi connectivity index (χ0) is 18.7. The summed E-state index contributed by atoms with van der Waals surface area (Å²) in [4.78, 5) is 26.6. The van der Waals surface area contributed by atoms with Crippen molar-refractivity contribution in [2.75, 3.05) is 12.0 Å². The first kappa shape index (κ1) is 17.8. The van der Waals surface area contributed by atoms with E-state index < -0.39 is 11.8 Å². The van der Waals surface area contributed by atoms with Crippen molar-refractivity contribution in [3.05, 3.63) is 65.2 Å². The number of carbonyl (C=O) groups is 2. The maximum Gasteiger partial charge on any atom is 0.270 e. The summed E-state index contributed by atoms with van der Waals surface area (Å²) in [5.74, 6) is -0.408. The van der Waals surface area contributed by atoms with Crippen molar-refractivity contribution in [2.24, 2.45) is 0 Å². The van der Waals surface area contributed by atoms with E-state index in [1.54, 1.807) is 12.1 Å². The van der Waals surface area contributed by atoms with Gasteiger partial charge in [0.2, 0.25) is 0 Å². The molecule has 0 aliphatic carbocycles. The van der Waals surface area contributed by atoms with Gasteiger partial charge >= 0.3 is 0 Å². The highest BCUT2D eigenvalue weighted by Gasteiger charge is 2.34. The lowest BCUT2D eigenvalue weighted by Crippen LogP contribution is -2.54. The Bertz CT molecular complexity index is 904. The van der Waals surface area contributed by atoms with Gasteiger partial charge in [0.05, 0.1) is 12.8 Å². The van der Waals surface area contributed by atoms with Crippen molar-refractivity contribution in [1.82, 2.24) is 5.32 Å². The van der Waals surface area contributed by atoms with Crippen molar-refractivity contribution in [2.45, 2.75) is 13.3 Å². The zero-order valence-corrected chi connectivity index (χ0v) is 15.3. The van der Waals surface area contributed by atoms with Gasteiger partial charge in [0.15, 0.2) is 5.11 Å². The summed E-state index contributed by atoms with van der Waals surface area (Å²) in [7, 11) is 1.54. The number of para-hydroxylation sites is 1. The standard InChI is InChI=1S/C20H18N2O3S/c1-3-13-8-10-15(11-9-13)22-19(24)16(18(23)21-20(22)26)12-14-6-4-5-7-17(14)25-2/h4-12H,3H2,1-2H3,(H,21,23,26). The second-order valence-electron chi connectivity index (χ2n) is 5.72. The highest BCUT2D eigenvalue weighted by Crippen LogP contribution is 2.25. The van der Waals surface area contributed by atoms with E-state index in [0.29, 0.717) is 17.0 Å². The van der Waals surface area contributed by atoms with Crippen LogP contribution in [0.3, 0.4) is 0 Å². The number of benzene rings is 2. The van der Waals surface area contributed by atoms with E-state index >= 15 is 0 Å². The summed E-state index contributed by atoms with van der Waals surface area (Å²) >= 11 is 5.21. The number of aryl methyl sites for hydroxylation is 1. The van der Waals surface area contributed by atoms with E-state index in [1.165, 1.54) is 18.1 Å². The third-order valence-corrected chi connectivity index (χ3v) is 4.43. The highest BCUT2D eigenvalue weighted by atomic mass is 32.1. The van der Waals surface area contributed by atoms with Crippen LogP contribution in [0.4, 0.5) is 5.69 Å². The fourth-order valence-electron chi connectivity index (χ4n) is 2.71. The monoisotopic (exact) mass is 366 g/mol. The molecule has 0 radical (unpaired) electrons. The topological polar surface area (TPSA) is 58.6 Å². The summed E-state index contributed by atoms with van der Waals surface area (Å²) in [5.41, 5.74) is 2.41. The number of carbonyl (C=O) groups excluding carboxylic acids is 2. The van der Waals surface area contributed by atoms with Gasteiger partial charge in [-0.3, -0.25) is 19.8 Å². The number of anilines is 1. The molecular weight excluding hydrogens is 348 g/mol. The van der Waals surface area contributed by atoms with Crippen molar-refractivity contribution in [1.29, 1.82) is 0 Å². The molecule has 2 aromatic carbocycles. The van der Waals surface area contributed by atoms with Gasteiger partial charge in [0.1, 0.15) is 11.3 Å². The van der Waals surface area contributed by atoms with Gasteiger partial charge in [0, 0.05) is 5.56 Å². The molecule has 0 aromatic heterocycles. The third kappa shape index (κ3) is 3.36. The van der Waals surface area contributed by atoms with Crippen LogP contribution >= 0.6 is 12.2 Å². The van der Waals surface area contributed by atoms with Crippen LogP contribution in [0.1, 0.15) is 18.1 Å². The molecule has 26 heavy (non-hydrogen) atoms. The molecule has 1 fully saturated rings. The van der Waals surface area contributed by atoms with Crippen LogP contribution in [0.5, 0.6) is 5.75 Å². The lowest BCUT2D eigenvalue weighted by atomic mass is 10.1. The number of hydrogen-bond donors (Lipinski definition) is 1. The van der Waals surface area contributed by atoms with Gasteiger partial charge in [-0.1, -0.05) is 37.3 Å². The molecule has 1 aliphatic rings. The molecule has 1 heterocycles. The summed E-state index contributed by atoms with van der Waals surface area (Å²) in [6.07, 6.45) is 2.42. The second kappa shape index (κ2) is 7.49. The molecule has 0 saturated carbocycles. The molecule has 5 nitrogen and oxygen atoms in total. The molecule has 2 amide bonds. The maximum absolute atomic E-state index is 13.0. The Morgan fingerprint density at radius 1 is 1.12 bits per heavy atom. The molecule has 1 saturated heterocycles. The van der Waals surface area contributed by atoms with Crippen LogP contribution < -0.4 is 15.0 Å². The van der Waals surface area contributed by atoms with Gasteiger partial charge in [-0.15, -0.1) is 0 Å². The van der Waals surface area contributed by atoms with Crippen molar-refractivity contribution >= 4 is 40.9 Å². The molecule has 1 aliphatic heterocycles. The molecule has 132 valence electrons. The summed E-state index contributed by atoms with van der Waals surface area (Å²) in [5, 5.41) is 2.65. The predicted octanol–water partition coefficient (Wildman–Crippen LogP) is 3.09. The first-order valence-corrected chi connectivity index (χ1v) is 8.59. The van der Waals surface area contributed by atoms with Crippen molar-refractivity contribution in [3.8, 4) is 5.75 Å². The Labute approximate surface area is 157 Å². The number of nitrogens with one attached hydrogen (secondary N) is 1. The Morgan fingerprint density at radius 2 is 1.81 bits per heavy atom. The van der Waals surface area contributed by atoms with Gasteiger partial charge < -0.3 is 4.74 Å². The van der Waals surface area contributed by atoms with Gasteiger partial charge in [-0.2, -0.15) is 0 Å². The molecule has 0 spiro atoms. The fraction of sp³-hybridized carbons (Fsp3) is 0.150. The molecule has 2 aromatic rings. The normalized spacial score (nSPS) is 16.0. The highest BCUT2D eigenvalue weighted by molar-refractivity contribution is 7.80. The SMILES string of the molecule is CCc1ccc(N2C(=O)C(=Cc3ccccc3OC)C(=O)NC2=S)cc1. The van der Waals surface area contributed by atoms with E-state index in [0.717, 1.165) is 12.0 Å². The van der Waals surface area contributed by atoms with E-state index in [-0.39, 0.29) is 10.7 Å². The molecule has 0 atom stereocenters. The zero-order valence-electron chi connectivity index (χ0n) is 14.5. The van der Waals surface area contributed by atoms with Gasteiger partial charge in [-0.25, -0.2) is 0 Å². The molecule has 0 bridgehead atoms. The minimum atomic E-state index is -0.521. The molecule has 3 rings (SSSR count). The number of thiocarbonyl (C=S) groups is 1. The molecule has 1 N–H and O–H groups in total. The lowest BCUT2D eigenvalue weighted by molar-refractivity contribution is -0.122. The van der Waals surface area contributed by atoms with Crippen LogP contribution in [-0.4, -0.2) is 24.0 Å². The van der Waals surface area contributed by atoms with Crippen LogP contribution in [0.15, 0.2) is 54.1 Å². The minimum Gasteiger partial charge on any atom is -0.496 e. The maximum atomic E-state index is 13.0. The Balaban J connectivity index is 2.01. The van der Waals surface area contributed by atoms with Gasteiger partial charge in [-0.05, 0) is 48.5 Å². The first-order chi connectivity index (χ1) is 12.5. The fourth-order valence-corrected chi connectivity index (χ4v) is 2.99. The molecule has 6 heteroatoms. The largest absolute Gasteiger partial charge is 0.496 e. The van der Waals surface area contributed by atoms with E-state index in [4.69, 9.17) is 17.0 Å². The van der Waals surface area contributed by atoms with E-state index in [9.17, 15) is 9.59 Å². The van der Waals surface area contributed by atoms with Crippen LogP contribution in [0, 0.1) is 0 Å². The number of methoxy groups -OCH3 is 1. The Kier molecular flexibility index (Phi) is 5.14.